The Morgan fingerprint density at radius 3 is 2.16 bits per heavy atom. The zero-order valence-electron chi connectivity index (χ0n) is 50.9. The average molecular weight is 1190 g/mol. The van der Waals surface area contributed by atoms with Gasteiger partial charge in [-0.25, -0.2) is 4.99 Å². The van der Waals surface area contributed by atoms with E-state index >= 15 is 0 Å². The van der Waals surface area contributed by atoms with Crippen LogP contribution in [0, 0.1) is 5.92 Å². The second-order valence-electron chi connectivity index (χ2n) is 23.2. The van der Waals surface area contributed by atoms with Crippen LogP contribution >= 0.6 is 11.8 Å². The normalized spacial score (nSPS) is 16.7. The molecule has 0 aromatic heterocycles. The van der Waals surface area contributed by atoms with E-state index in [4.69, 9.17) is 38.2 Å². The van der Waals surface area contributed by atoms with Gasteiger partial charge in [-0.05, 0) is 122 Å². The van der Waals surface area contributed by atoms with Gasteiger partial charge in [0.05, 0.1) is 87.2 Å². The minimum atomic E-state index is -0.446. The number of thioether (sulfide) groups is 1. The summed E-state index contributed by atoms with van der Waals surface area (Å²) in [4.78, 5) is 53.0. The average Bonchev–Trinajstić information content (AvgIpc) is 1.92. The zero-order valence-corrected chi connectivity index (χ0v) is 51.8. The van der Waals surface area contributed by atoms with E-state index < -0.39 is 4.75 Å². The van der Waals surface area contributed by atoms with E-state index in [0.717, 1.165) is 70.8 Å². The molecular weight excluding hydrogens is 1100 g/mol. The van der Waals surface area contributed by atoms with E-state index in [2.05, 4.69) is 73.0 Å². The molecule has 0 bridgehead atoms. The monoisotopic (exact) mass is 1190 g/mol. The number of nitrogens with one attached hydrogen (secondary N) is 2. The van der Waals surface area contributed by atoms with E-state index in [1.165, 1.54) is 32.1 Å². The van der Waals surface area contributed by atoms with E-state index in [9.17, 15) is 14.4 Å². The van der Waals surface area contributed by atoms with E-state index in [0.29, 0.717) is 123 Å². The van der Waals surface area contributed by atoms with Crippen molar-refractivity contribution in [2.75, 3.05) is 99.8 Å². The van der Waals surface area contributed by atoms with E-state index in [-0.39, 0.29) is 42.5 Å². The van der Waals surface area contributed by atoms with Crippen molar-refractivity contribution in [3.8, 4) is 23.0 Å². The lowest BCUT2D eigenvalue weighted by Crippen LogP contribution is -2.53. The molecule has 16 nitrogen and oxygen atoms in total. The SMILES string of the molecule is C=C[C@](C)(CN(CCOCCOCCOC)c1cc(COc2cc3c(cc2OC)C(=O)N2C(=C=N3)Cc3ccccc32)cc(COc2cc3c(cc2OC)C(=O)N2c4ccccc4C[C@H]2CN3)c1)SCCCC(=O)NC(CC)(CC)C1CCCCC1. The number of carbonyl (C=O) groups is 3. The smallest absolute Gasteiger partial charge is 0.265 e. The lowest BCUT2D eigenvalue weighted by atomic mass is 9.71. The molecule has 2 atom stereocenters. The van der Waals surface area contributed by atoms with Gasteiger partial charge in [-0.15, -0.1) is 18.3 Å². The number of anilines is 4. The number of methoxy groups -OCH3 is 3. The molecule has 456 valence electrons. The van der Waals surface area contributed by atoms with Crippen LogP contribution in [0.5, 0.6) is 23.0 Å². The van der Waals surface area contributed by atoms with Gasteiger partial charge in [-0.3, -0.25) is 19.3 Å². The first-order valence-corrected chi connectivity index (χ1v) is 31.6. The number of fused-ring (bicyclic) bond motifs is 8. The zero-order chi connectivity index (χ0) is 60.2. The fourth-order valence-electron chi connectivity index (χ4n) is 12.9. The number of para-hydroxylation sites is 2. The molecule has 1 saturated carbocycles. The third-order valence-electron chi connectivity index (χ3n) is 17.7. The van der Waals surface area contributed by atoms with E-state index in [1.807, 2.05) is 59.5 Å². The number of hydrogen-bond acceptors (Lipinski definition) is 14. The maximum atomic E-state index is 14.4. The van der Waals surface area contributed by atoms with Crippen LogP contribution < -0.4 is 44.3 Å². The molecule has 2 N–H and O–H groups in total. The van der Waals surface area contributed by atoms with Crippen LogP contribution in [0.1, 0.15) is 122 Å². The predicted molar refractivity (Wildman–Crippen MR) is 342 cm³/mol. The van der Waals surface area contributed by atoms with Gasteiger partial charge in [0.1, 0.15) is 13.2 Å². The highest BCUT2D eigenvalue weighted by Gasteiger charge is 2.40. The van der Waals surface area contributed by atoms with Crippen LogP contribution in [-0.2, 0) is 45.1 Å². The fraction of sp³-hybridized carbons (Fsp3) is 0.464. The van der Waals surface area contributed by atoms with Crippen molar-refractivity contribution in [2.45, 2.75) is 121 Å². The van der Waals surface area contributed by atoms with Gasteiger partial charge in [0.15, 0.2) is 23.0 Å². The number of nitrogens with zero attached hydrogens (tertiary/aromatic N) is 4. The number of allylic oxidation sites excluding steroid dienone is 1. The summed E-state index contributed by atoms with van der Waals surface area (Å²) in [6.07, 6.45) is 12.5. The molecular formula is C69H84N6O10S. The summed E-state index contributed by atoms with van der Waals surface area (Å²) in [5.74, 6) is 5.98. The molecule has 5 aromatic rings. The minimum Gasteiger partial charge on any atom is -0.493 e. The summed E-state index contributed by atoms with van der Waals surface area (Å²) >= 11 is 1.80. The lowest BCUT2D eigenvalue weighted by molar-refractivity contribution is -0.124. The van der Waals surface area contributed by atoms with Crippen LogP contribution in [0.25, 0.3) is 0 Å². The number of rotatable bonds is 30. The van der Waals surface area contributed by atoms with Crippen molar-refractivity contribution < 1.29 is 47.5 Å². The summed E-state index contributed by atoms with van der Waals surface area (Å²) in [5.41, 5.74) is 9.04. The molecule has 3 amide bonds. The number of hydrogen-bond donors (Lipinski definition) is 2. The Morgan fingerprint density at radius 1 is 0.802 bits per heavy atom. The standard InChI is InChI=1S/C69H84N6O10S/c1-8-68(4,86-32-18-25-65(76)72-69(9-2,10-3)51-21-12-11-13-22-51)46-73(26-27-82-30-31-83-29-28-79-5)52-34-47(44-84-63-40-57-55(38-61(63)80-6)66(77)74-53(42-70-57)36-49-19-14-16-23-59(49)74)33-48(35-52)45-85-64-41-58-56(39-62(64)81-7)67(78)75-54(43-71-58)37-50-20-15-17-24-60(50)75/h8,14-17,19-20,23-24,33-35,38-41,51,53,70H,1,9-13,18,21-22,25-32,36-37,42,44-46H2,2-7H3,(H,72,76)/t53-,68+/m0/s1. The molecule has 86 heavy (non-hydrogen) atoms. The van der Waals surface area contributed by atoms with Crippen molar-refractivity contribution in [1.82, 2.24) is 5.32 Å². The van der Waals surface area contributed by atoms with Crippen molar-refractivity contribution in [2.24, 2.45) is 10.9 Å². The molecule has 1 aliphatic carbocycles. The quantitative estimate of drug-likeness (QED) is 0.0330. The number of ether oxygens (including phenoxy) is 7. The second kappa shape index (κ2) is 28.5. The molecule has 0 unspecified atom stereocenters. The van der Waals surface area contributed by atoms with Crippen LogP contribution in [0.4, 0.5) is 28.4 Å². The third-order valence-corrected chi connectivity index (χ3v) is 19.1. The topological polar surface area (TPSA) is 162 Å². The molecule has 0 radical (unpaired) electrons. The second-order valence-corrected chi connectivity index (χ2v) is 24.8. The summed E-state index contributed by atoms with van der Waals surface area (Å²) in [6.45, 7) is 15.2. The fourth-order valence-corrected chi connectivity index (χ4v) is 14.0. The molecule has 17 heteroatoms. The molecule has 4 aliphatic heterocycles. The summed E-state index contributed by atoms with van der Waals surface area (Å²) in [5, 5.41) is 7.12. The Labute approximate surface area is 511 Å². The Hall–Kier alpha value is -7.27. The molecule has 4 heterocycles. The summed E-state index contributed by atoms with van der Waals surface area (Å²) < 4.78 is 42.0. The predicted octanol–water partition coefficient (Wildman–Crippen LogP) is 12.5. The molecule has 1 fully saturated rings. The third kappa shape index (κ3) is 13.9. The maximum absolute atomic E-state index is 14.4. The molecule has 10 rings (SSSR count). The highest BCUT2D eigenvalue weighted by Crippen LogP contribution is 2.44. The van der Waals surface area contributed by atoms with Gasteiger partial charge in [-0.1, -0.05) is 75.6 Å². The van der Waals surface area contributed by atoms with Gasteiger partial charge < -0.3 is 53.6 Å². The van der Waals surface area contributed by atoms with Crippen LogP contribution in [0.15, 0.2) is 114 Å². The first kappa shape index (κ1) is 61.8. The van der Waals surface area contributed by atoms with Gasteiger partial charge in [-0.2, -0.15) is 0 Å². The van der Waals surface area contributed by atoms with Crippen LogP contribution in [-0.4, -0.2) is 120 Å². The number of benzene rings is 5. The van der Waals surface area contributed by atoms with Crippen molar-refractivity contribution in [3.05, 3.63) is 143 Å². The Balaban J connectivity index is 0.926. The Kier molecular flexibility index (Phi) is 20.5. The first-order valence-electron chi connectivity index (χ1n) is 30.6. The first-order chi connectivity index (χ1) is 41.9. The molecule has 0 saturated heterocycles. The van der Waals surface area contributed by atoms with Gasteiger partial charge in [0.25, 0.3) is 11.8 Å². The molecule has 0 spiro atoms. The van der Waals surface area contributed by atoms with Crippen molar-refractivity contribution in [1.29, 1.82) is 0 Å². The van der Waals surface area contributed by atoms with Crippen LogP contribution in [0.2, 0.25) is 0 Å². The van der Waals surface area contributed by atoms with Crippen molar-refractivity contribution >= 4 is 63.8 Å². The number of amides is 3. The maximum Gasteiger partial charge on any atom is 0.265 e. The Morgan fingerprint density at radius 2 is 1.47 bits per heavy atom. The minimum absolute atomic E-state index is 0.0338. The van der Waals surface area contributed by atoms with Gasteiger partial charge in [0.2, 0.25) is 5.91 Å². The van der Waals surface area contributed by atoms with E-state index in [1.54, 1.807) is 56.2 Å². The number of carbonyl (C=O) groups excluding carboxylic acids is 3. The largest absolute Gasteiger partial charge is 0.493 e. The number of aliphatic imine (C=N–C) groups is 1. The van der Waals surface area contributed by atoms with Gasteiger partial charge >= 0.3 is 0 Å². The lowest BCUT2D eigenvalue weighted by Gasteiger charge is -2.42. The van der Waals surface area contributed by atoms with Gasteiger partial charge in [0, 0.05) is 79.2 Å². The highest BCUT2D eigenvalue weighted by atomic mass is 32.2. The summed E-state index contributed by atoms with van der Waals surface area (Å²) in [7, 11) is 4.80. The van der Waals surface area contributed by atoms with Crippen LogP contribution in [0.3, 0.4) is 0 Å². The Bertz CT molecular complexity index is 3320. The molecule has 5 aliphatic rings. The highest BCUT2D eigenvalue weighted by molar-refractivity contribution is 8.00. The molecule has 5 aromatic carbocycles. The van der Waals surface area contributed by atoms with Crippen molar-refractivity contribution in [3.63, 3.8) is 0 Å². The summed E-state index contributed by atoms with van der Waals surface area (Å²) in [6, 6.07) is 29.3.